The molecule has 1 atom stereocenters. The van der Waals surface area contributed by atoms with E-state index in [1.165, 1.54) is 6.42 Å². The molecule has 1 amide bonds. The van der Waals surface area contributed by atoms with Gasteiger partial charge in [-0.15, -0.1) is 0 Å². The van der Waals surface area contributed by atoms with Crippen molar-refractivity contribution in [2.45, 2.75) is 24.9 Å². The first-order valence-electron chi connectivity index (χ1n) is 5.34. The van der Waals surface area contributed by atoms with Crippen LogP contribution in [0.3, 0.4) is 0 Å². The maximum Gasteiger partial charge on any atom is 0.225 e. The van der Waals surface area contributed by atoms with E-state index in [9.17, 15) is 4.79 Å². The molecule has 80 valence electrons. The van der Waals surface area contributed by atoms with Gasteiger partial charge in [-0.05, 0) is 26.4 Å². The third-order valence-corrected chi connectivity index (χ3v) is 3.47. The number of likely N-dealkylation sites (tertiary alicyclic amines) is 1. The highest BCUT2D eigenvalue weighted by Gasteiger charge is 2.42. The summed E-state index contributed by atoms with van der Waals surface area (Å²) in [6.07, 6.45) is 2.89. The molecule has 14 heavy (non-hydrogen) atoms. The Balaban J connectivity index is 2.15. The molecule has 2 aliphatic rings. The normalized spacial score (nSPS) is 35.3. The minimum atomic E-state index is -0.0810. The van der Waals surface area contributed by atoms with Crippen LogP contribution in [-0.4, -0.2) is 55.1 Å². The van der Waals surface area contributed by atoms with Crippen LogP contribution in [0.4, 0.5) is 0 Å². The van der Waals surface area contributed by atoms with E-state index in [-0.39, 0.29) is 11.6 Å². The van der Waals surface area contributed by atoms with Crippen molar-refractivity contribution in [1.82, 2.24) is 15.1 Å². The number of carbonyl (C=O) groups excluding carboxylic acids is 1. The molecule has 1 unspecified atom stereocenters. The average molecular weight is 197 g/mol. The number of nitrogens with zero attached hydrogens (tertiary/aromatic N) is 2. The van der Waals surface area contributed by atoms with Crippen LogP contribution < -0.4 is 5.32 Å². The first-order valence-corrected chi connectivity index (χ1v) is 5.34. The molecule has 2 saturated heterocycles. The molecular weight excluding hydrogens is 178 g/mol. The summed E-state index contributed by atoms with van der Waals surface area (Å²) in [6, 6.07) is 0. The number of amides is 1. The molecule has 0 aromatic rings. The topological polar surface area (TPSA) is 35.6 Å². The van der Waals surface area contributed by atoms with E-state index in [0.29, 0.717) is 6.42 Å². The molecule has 1 N–H and O–H groups in total. The van der Waals surface area contributed by atoms with Gasteiger partial charge in [-0.2, -0.15) is 0 Å². The van der Waals surface area contributed by atoms with Crippen LogP contribution in [0.25, 0.3) is 0 Å². The van der Waals surface area contributed by atoms with Gasteiger partial charge in [0, 0.05) is 26.6 Å². The summed E-state index contributed by atoms with van der Waals surface area (Å²) >= 11 is 0. The fourth-order valence-electron chi connectivity index (χ4n) is 2.59. The minimum Gasteiger partial charge on any atom is -0.326 e. The van der Waals surface area contributed by atoms with E-state index in [1.807, 2.05) is 11.9 Å². The fourth-order valence-corrected chi connectivity index (χ4v) is 2.59. The Bertz CT molecular complexity index is 240. The number of carbonyl (C=O) groups is 1. The summed E-state index contributed by atoms with van der Waals surface area (Å²) in [5, 5.41) is 3.51. The molecule has 2 heterocycles. The monoisotopic (exact) mass is 197 g/mol. The van der Waals surface area contributed by atoms with E-state index < -0.39 is 0 Å². The third kappa shape index (κ3) is 1.53. The molecule has 2 rings (SSSR count). The van der Waals surface area contributed by atoms with E-state index >= 15 is 0 Å². The van der Waals surface area contributed by atoms with Crippen molar-refractivity contribution in [3.8, 4) is 0 Å². The molecular formula is C10H19N3O. The summed E-state index contributed by atoms with van der Waals surface area (Å²) in [7, 11) is 4.04. The van der Waals surface area contributed by atoms with Crippen molar-refractivity contribution in [2.75, 3.05) is 33.7 Å². The van der Waals surface area contributed by atoms with Gasteiger partial charge >= 0.3 is 0 Å². The zero-order valence-electron chi connectivity index (χ0n) is 9.05. The standard InChI is InChI=1S/C10H19N3O/c1-12-7-3-5-10(8-12)11-6-4-9(14)13(10)2/h11H,3-8H2,1-2H3. The first-order chi connectivity index (χ1) is 6.64. The SMILES string of the molecule is CN1CCCC2(C1)NCCC(=O)N2C. The van der Waals surface area contributed by atoms with Gasteiger partial charge in [-0.25, -0.2) is 0 Å². The highest BCUT2D eigenvalue weighted by atomic mass is 16.2. The summed E-state index contributed by atoms with van der Waals surface area (Å²) in [4.78, 5) is 15.8. The number of likely N-dealkylation sites (N-methyl/N-ethyl adjacent to an activating group) is 2. The second-order valence-corrected chi connectivity index (χ2v) is 4.50. The molecule has 0 aromatic heterocycles. The van der Waals surface area contributed by atoms with E-state index in [0.717, 1.165) is 26.1 Å². The number of piperidine rings is 1. The molecule has 4 heteroatoms. The smallest absolute Gasteiger partial charge is 0.225 e. The van der Waals surface area contributed by atoms with Gasteiger partial charge in [0.05, 0.1) is 0 Å². The largest absolute Gasteiger partial charge is 0.326 e. The zero-order chi connectivity index (χ0) is 10.2. The van der Waals surface area contributed by atoms with Crippen molar-refractivity contribution >= 4 is 5.91 Å². The predicted molar refractivity (Wildman–Crippen MR) is 54.9 cm³/mol. The summed E-state index contributed by atoms with van der Waals surface area (Å²) in [6.45, 7) is 2.93. The Morgan fingerprint density at radius 1 is 1.43 bits per heavy atom. The van der Waals surface area contributed by atoms with Crippen molar-refractivity contribution in [3.05, 3.63) is 0 Å². The zero-order valence-corrected chi connectivity index (χ0v) is 9.05. The van der Waals surface area contributed by atoms with Gasteiger partial charge < -0.3 is 9.80 Å². The van der Waals surface area contributed by atoms with Gasteiger partial charge in [0.15, 0.2) is 0 Å². The lowest BCUT2D eigenvalue weighted by atomic mass is 9.94. The van der Waals surface area contributed by atoms with Gasteiger partial charge in [0.25, 0.3) is 0 Å². The molecule has 2 fully saturated rings. The number of hydrogen-bond acceptors (Lipinski definition) is 3. The molecule has 0 aliphatic carbocycles. The predicted octanol–water partition coefficient (Wildman–Crippen LogP) is -0.140. The summed E-state index contributed by atoms with van der Waals surface area (Å²) < 4.78 is 0. The van der Waals surface area contributed by atoms with Crippen molar-refractivity contribution < 1.29 is 4.79 Å². The van der Waals surface area contributed by atoms with Gasteiger partial charge in [-0.3, -0.25) is 10.1 Å². The third-order valence-electron chi connectivity index (χ3n) is 3.47. The van der Waals surface area contributed by atoms with E-state index in [1.54, 1.807) is 0 Å². The van der Waals surface area contributed by atoms with Crippen molar-refractivity contribution in [3.63, 3.8) is 0 Å². The van der Waals surface area contributed by atoms with E-state index in [2.05, 4.69) is 17.3 Å². The molecule has 4 nitrogen and oxygen atoms in total. The Hall–Kier alpha value is -0.610. The van der Waals surface area contributed by atoms with Crippen molar-refractivity contribution in [1.29, 1.82) is 0 Å². The number of rotatable bonds is 0. The average Bonchev–Trinajstić information content (AvgIpc) is 2.14. The highest BCUT2D eigenvalue weighted by Crippen LogP contribution is 2.26. The lowest BCUT2D eigenvalue weighted by Gasteiger charge is -2.50. The van der Waals surface area contributed by atoms with E-state index in [4.69, 9.17) is 0 Å². The van der Waals surface area contributed by atoms with Gasteiger partial charge in [0.1, 0.15) is 5.66 Å². The lowest BCUT2D eigenvalue weighted by Crippen LogP contribution is -2.69. The maximum absolute atomic E-state index is 11.6. The second kappa shape index (κ2) is 3.51. The molecule has 1 spiro atoms. The van der Waals surface area contributed by atoms with Crippen LogP contribution in [0.15, 0.2) is 0 Å². The quantitative estimate of drug-likeness (QED) is 0.587. The van der Waals surface area contributed by atoms with Gasteiger partial charge in [-0.1, -0.05) is 0 Å². The van der Waals surface area contributed by atoms with Crippen LogP contribution >= 0.6 is 0 Å². The summed E-state index contributed by atoms with van der Waals surface area (Å²) in [5.41, 5.74) is -0.0810. The maximum atomic E-state index is 11.6. The van der Waals surface area contributed by atoms with Crippen LogP contribution in [0.5, 0.6) is 0 Å². The highest BCUT2D eigenvalue weighted by molar-refractivity contribution is 5.77. The Kier molecular flexibility index (Phi) is 2.49. The second-order valence-electron chi connectivity index (χ2n) is 4.50. The Labute approximate surface area is 85.2 Å². The van der Waals surface area contributed by atoms with Crippen LogP contribution in [0.2, 0.25) is 0 Å². The molecule has 0 radical (unpaired) electrons. The van der Waals surface area contributed by atoms with Crippen molar-refractivity contribution in [2.24, 2.45) is 0 Å². The molecule has 0 bridgehead atoms. The molecule has 2 aliphatic heterocycles. The number of nitrogens with one attached hydrogen (secondary N) is 1. The molecule has 0 saturated carbocycles. The number of hydrogen-bond donors (Lipinski definition) is 1. The van der Waals surface area contributed by atoms with Gasteiger partial charge in [0.2, 0.25) is 5.91 Å². The minimum absolute atomic E-state index is 0.0810. The van der Waals surface area contributed by atoms with Crippen LogP contribution in [0, 0.1) is 0 Å². The lowest BCUT2D eigenvalue weighted by molar-refractivity contribution is -0.144. The van der Waals surface area contributed by atoms with Crippen LogP contribution in [-0.2, 0) is 4.79 Å². The Morgan fingerprint density at radius 2 is 2.21 bits per heavy atom. The fraction of sp³-hybridized carbons (Fsp3) is 0.900. The van der Waals surface area contributed by atoms with Crippen LogP contribution in [0.1, 0.15) is 19.3 Å². The first kappa shape index (κ1) is 9.93. The Morgan fingerprint density at radius 3 is 2.93 bits per heavy atom. The summed E-state index contributed by atoms with van der Waals surface area (Å²) in [5.74, 6) is 0.277. The molecule has 0 aromatic carbocycles.